The second-order valence-corrected chi connectivity index (χ2v) is 2.61. The third-order valence-electron chi connectivity index (χ3n) is 1.32. The molecule has 12 nitrogen and oxygen atoms in total. The molecule has 1 radical (unpaired) electrons. The summed E-state index contributed by atoms with van der Waals surface area (Å²) in [5.41, 5.74) is 0. The summed E-state index contributed by atoms with van der Waals surface area (Å²) in [7, 11) is 0. The largest absolute Gasteiger partial charge is 2.00 e. The van der Waals surface area contributed by atoms with Crippen molar-refractivity contribution in [2.75, 3.05) is 0 Å². The van der Waals surface area contributed by atoms with E-state index in [4.69, 9.17) is 0 Å². The molecule has 0 spiro atoms. The van der Waals surface area contributed by atoms with Gasteiger partial charge in [-0.3, -0.25) is 20.4 Å². The third-order valence-corrected chi connectivity index (χ3v) is 1.32. The molecular formula is C8H12Cl2CuN12. The average molecular weight is 411 g/mol. The number of aromatic nitrogens is 12. The average Bonchev–Trinajstić information content (AvgIpc) is 3.40. The first-order valence-corrected chi connectivity index (χ1v) is 5.15. The third kappa shape index (κ3) is 19.7. The molecule has 0 aromatic carbocycles. The summed E-state index contributed by atoms with van der Waals surface area (Å²) in [6, 6.07) is 0. The zero-order chi connectivity index (χ0) is 14.1. The normalized spacial score (nSPS) is 6.96. The van der Waals surface area contributed by atoms with Crippen molar-refractivity contribution in [2.45, 2.75) is 0 Å². The molecule has 0 saturated carbocycles. The van der Waals surface area contributed by atoms with Crippen molar-refractivity contribution in [3.8, 4) is 0 Å². The Bertz CT molecular complexity index is 366. The van der Waals surface area contributed by atoms with Crippen molar-refractivity contribution in [3.05, 3.63) is 50.6 Å². The minimum atomic E-state index is 0. The van der Waals surface area contributed by atoms with Gasteiger partial charge in [0.25, 0.3) is 0 Å². The molecule has 4 N–H and O–H groups in total. The van der Waals surface area contributed by atoms with Crippen LogP contribution in [0, 0.1) is 0 Å². The van der Waals surface area contributed by atoms with Crippen LogP contribution in [-0.4, -0.2) is 60.7 Å². The number of halogens is 2. The standard InChI is InChI=1S/4C2H3N3.2ClH.Cu/c4*1-3-2-5-4-1;;;/h4*1-2H,(H,3,4,5);2*1H;/q;;;;;;+2/p-2. The van der Waals surface area contributed by atoms with Crippen molar-refractivity contribution in [1.82, 2.24) is 60.7 Å². The number of aromatic amines is 4. The van der Waals surface area contributed by atoms with Gasteiger partial charge in [0, 0.05) is 0 Å². The van der Waals surface area contributed by atoms with Gasteiger partial charge in [0.05, 0.1) is 0 Å². The molecule has 23 heavy (non-hydrogen) atoms. The van der Waals surface area contributed by atoms with Crippen LogP contribution in [0.5, 0.6) is 0 Å². The Labute approximate surface area is 153 Å². The molecule has 4 heterocycles. The molecule has 129 valence electrons. The maximum absolute atomic E-state index is 3.56. The van der Waals surface area contributed by atoms with E-state index in [9.17, 15) is 0 Å². The number of nitrogens with zero attached hydrogens (tertiary/aromatic N) is 8. The predicted molar refractivity (Wildman–Crippen MR) is 65.5 cm³/mol. The summed E-state index contributed by atoms with van der Waals surface area (Å²) in [4.78, 5) is 14.2. The van der Waals surface area contributed by atoms with Gasteiger partial charge in [0.1, 0.15) is 50.6 Å². The maximum Gasteiger partial charge on any atom is 2.00 e. The molecule has 4 aromatic rings. The Hall–Kier alpha value is -2.34. The van der Waals surface area contributed by atoms with Crippen LogP contribution in [0.1, 0.15) is 0 Å². The molecule has 15 heteroatoms. The first kappa shape index (κ1) is 25.6. The molecule has 0 aliphatic rings. The van der Waals surface area contributed by atoms with E-state index in [1.165, 1.54) is 50.6 Å². The quantitative estimate of drug-likeness (QED) is 0.207. The first-order valence-electron chi connectivity index (χ1n) is 5.15. The topological polar surface area (TPSA) is 166 Å². The molecule has 0 saturated heterocycles. The number of hydrogen-bond acceptors (Lipinski definition) is 8. The molecule has 4 rings (SSSR count). The fourth-order valence-corrected chi connectivity index (χ4v) is 0.667. The monoisotopic (exact) mass is 409 g/mol. The summed E-state index contributed by atoms with van der Waals surface area (Å²) in [5.74, 6) is 0. The molecule has 0 aliphatic heterocycles. The smallest absolute Gasteiger partial charge is 1.00 e. The Morgan fingerprint density at radius 2 is 0.652 bits per heavy atom. The number of H-pyrrole nitrogens is 4. The van der Waals surface area contributed by atoms with Gasteiger partial charge < -0.3 is 24.8 Å². The Morgan fingerprint density at radius 3 is 0.696 bits per heavy atom. The SMILES string of the molecule is [Cl-].[Cl-].[Cu+2].c1nc[nH]n1.c1nc[nH]n1.c1nc[nH]n1.c1nc[nH]n1. The van der Waals surface area contributed by atoms with Gasteiger partial charge in [-0.15, -0.1) is 0 Å². The van der Waals surface area contributed by atoms with Gasteiger partial charge in [-0.25, -0.2) is 19.9 Å². The van der Waals surface area contributed by atoms with E-state index in [0.29, 0.717) is 0 Å². The van der Waals surface area contributed by atoms with Crippen molar-refractivity contribution < 1.29 is 41.9 Å². The van der Waals surface area contributed by atoms with Crippen LogP contribution in [0.3, 0.4) is 0 Å². The van der Waals surface area contributed by atoms with Crippen molar-refractivity contribution in [2.24, 2.45) is 0 Å². The van der Waals surface area contributed by atoms with Crippen LogP contribution < -0.4 is 24.8 Å². The molecule has 0 bridgehead atoms. The predicted octanol–water partition coefficient (Wildman–Crippen LogP) is -6.78. The maximum atomic E-state index is 3.56. The molecule has 0 amide bonds. The van der Waals surface area contributed by atoms with E-state index in [-0.39, 0.29) is 41.9 Å². The molecule has 0 fully saturated rings. The Morgan fingerprint density at radius 1 is 0.435 bits per heavy atom. The van der Waals surface area contributed by atoms with Gasteiger partial charge in [-0.2, -0.15) is 20.4 Å². The zero-order valence-electron chi connectivity index (χ0n) is 11.3. The zero-order valence-corrected chi connectivity index (χ0v) is 13.7. The van der Waals surface area contributed by atoms with Gasteiger partial charge in [-0.1, -0.05) is 0 Å². The van der Waals surface area contributed by atoms with Gasteiger partial charge >= 0.3 is 17.1 Å². The van der Waals surface area contributed by atoms with Gasteiger partial charge in [-0.05, 0) is 0 Å². The van der Waals surface area contributed by atoms with Crippen LogP contribution in [-0.2, 0) is 17.1 Å². The second kappa shape index (κ2) is 21.9. The van der Waals surface area contributed by atoms with E-state index in [0.717, 1.165) is 0 Å². The van der Waals surface area contributed by atoms with Crippen LogP contribution in [0.25, 0.3) is 0 Å². The van der Waals surface area contributed by atoms with E-state index in [2.05, 4.69) is 60.7 Å². The van der Waals surface area contributed by atoms with Crippen LogP contribution in [0.4, 0.5) is 0 Å². The number of nitrogens with one attached hydrogen (secondary N) is 4. The van der Waals surface area contributed by atoms with E-state index < -0.39 is 0 Å². The first-order chi connectivity index (χ1) is 10.0. The summed E-state index contributed by atoms with van der Waals surface area (Å²) < 4.78 is 0. The van der Waals surface area contributed by atoms with Crippen molar-refractivity contribution in [1.29, 1.82) is 0 Å². The van der Waals surface area contributed by atoms with E-state index in [1.54, 1.807) is 0 Å². The summed E-state index contributed by atoms with van der Waals surface area (Å²) >= 11 is 0. The summed E-state index contributed by atoms with van der Waals surface area (Å²) in [5, 5.41) is 23.9. The second-order valence-electron chi connectivity index (χ2n) is 2.61. The van der Waals surface area contributed by atoms with Crippen LogP contribution in [0.15, 0.2) is 50.6 Å². The van der Waals surface area contributed by atoms with Crippen LogP contribution in [0.2, 0.25) is 0 Å². The van der Waals surface area contributed by atoms with E-state index in [1.807, 2.05) is 0 Å². The molecule has 0 aliphatic carbocycles. The molecule has 0 atom stereocenters. The van der Waals surface area contributed by atoms with Crippen molar-refractivity contribution in [3.63, 3.8) is 0 Å². The molecular weight excluding hydrogens is 399 g/mol. The van der Waals surface area contributed by atoms with Gasteiger partial charge in [0.15, 0.2) is 0 Å². The van der Waals surface area contributed by atoms with E-state index >= 15 is 0 Å². The van der Waals surface area contributed by atoms with Crippen LogP contribution >= 0.6 is 0 Å². The number of rotatable bonds is 0. The molecule has 0 unspecified atom stereocenters. The van der Waals surface area contributed by atoms with Gasteiger partial charge in [0.2, 0.25) is 0 Å². The fraction of sp³-hybridized carbons (Fsp3) is 0. The summed E-state index contributed by atoms with van der Waals surface area (Å²) in [6.07, 6.45) is 11.8. The fourth-order valence-electron chi connectivity index (χ4n) is 0.667. The number of hydrogen-bond donors (Lipinski definition) is 4. The minimum absolute atomic E-state index is 0. The minimum Gasteiger partial charge on any atom is -1.00 e. The van der Waals surface area contributed by atoms with Crippen molar-refractivity contribution >= 4 is 0 Å². The summed E-state index contributed by atoms with van der Waals surface area (Å²) in [6.45, 7) is 0. The molecule has 4 aromatic heterocycles. The Balaban J connectivity index is -0.000000222. The Kier molecular flexibility index (Phi) is 24.4.